The zero-order valence-corrected chi connectivity index (χ0v) is 6.10. The van der Waals surface area contributed by atoms with Gasteiger partial charge in [-0.15, -0.1) is 11.3 Å². The van der Waals surface area contributed by atoms with E-state index in [0.717, 1.165) is 4.88 Å². The minimum Gasteiger partial charge on any atom is -0.370 e. The van der Waals surface area contributed by atoms with Crippen LogP contribution in [0.3, 0.4) is 0 Å². The smallest absolute Gasteiger partial charge is 0.218 e. The lowest BCUT2D eigenvalue weighted by molar-refractivity contribution is -0.117. The lowest BCUT2D eigenvalue weighted by Crippen LogP contribution is -2.09. The minimum absolute atomic E-state index is 0.294. The Labute approximate surface area is 62.9 Å². The van der Waals surface area contributed by atoms with Gasteiger partial charge in [-0.25, -0.2) is 0 Å². The molecular weight excluding hydrogens is 148 g/mol. The summed E-state index contributed by atoms with van der Waals surface area (Å²) in [5.74, 6) is -0.312. The lowest BCUT2D eigenvalue weighted by Gasteiger charge is -1.88. The molecule has 0 spiro atoms. The van der Waals surface area contributed by atoms with Crippen molar-refractivity contribution in [1.82, 2.24) is 4.98 Å². The first-order valence-electron chi connectivity index (χ1n) is 2.79. The van der Waals surface area contributed by atoms with Gasteiger partial charge in [-0.1, -0.05) is 0 Å². The van der Waals surface area contributed by atoms with Crippen molar-refractivity contribution in [3.8, 4) is 0 Å². The van der Waals surface area contributed by atoms with E-state index >= 15 is 0 Å². The van der Waals surface area contributed by atoms with E-state index in [1.165, 1.54) is 11.3 Å². The molecule has 2 N–H and O–H groups in total. The minimum atomic E-state index is -0.312. The monoisotopic (exact) mass is 155 g/mol. The van der Waals surface area contributed by atoms with Crippen LogP contribution >= 0.6 is 11.3 Å². The highest BCUT2D eigenvalue weighted by Crippen LogP contribution is 2.09. The van der Waals surface area contributed by atoms with E-state index in [1.807, 2.05) is 0 Å². The summed E-state index contributed by atoms with van der Waals surface area (Å²) in [5.41, 5.74) is 6.64. The summed E-state index contributed by atoms with van der Waals surface area (Å²) in [5, 5.41) is 0. The normalized spacial score (nSPS) is 9.60. The SMILES string of the molecule is NC(=O)C[CH]c1cncs1. The zero-order chi connectivity index (χ0) is 7.40. The van der Waals surface area contributed by atoms with Gasteiger partial charge in [0.2, 0.25) is 5.91 Å². The predicted molar refractivity (Wildman–Crippen MR) is 39.3 cm³/mol. The van der Waals surface area contributed by atoms with Crippen molar-refractivity contribution in [2.75, 3.05) is 0 Å². The molecule has 1 rings (SSSR count). The molecule has 10 heavy (non-hydrogen) atoms. The maximum absolute atomic E-state index is 10.3. The fourth-order valence-corrected chi connectivity index (χ4v) is 1.07. The summed E-state index contributed by atoms with van der Waals surface area (Å²) in [4.78, 5) is 15.1. The van der Waals surface area contributed by atoms with Gasteiger partial charge in [0.1, 0.15) is 0 Å². The molecule has 1 aromatic heterocycles. The molecule has 53 valence electrons. The third-order valence-corrected chi connectivity index (χ3v) is 1.73. The second kappa shape index (κ2) is 3.31. The summed E-state index contributed by atoms with van der Waals surface area (Å²) in [7, 11) is 0. The zero-order valence-electron chi connectivity index (χ0n) is 5.28. The molecule has 0 aliphatic heterocycles. The highest BCUT2D eigenvalue weighted by atomic mass is 32.1. The molecule has 4 heteroatoms. The second-order valence-corrected chi connectivity index (χ2v) is 2.70. The number of primary amides is 1. The lowest BCUT2D eigenvalue weighted by atomic mass is 10.3. The van der Waals surface area contributed by atoms with Crippen molar-refractivity contribution in [3.05, 3.63) is 23.0 Å². The number of aromatic nitrogens is 1. The van der Waals surface area contributed by atoms with E-state index in [2.05, 4.69) is 4.98 Å². The fourth-order valence-electron chi connectivity index (χ4n) is 0.528. The van der Waals surface area contributed by atoms with Gasteiger partial charge in [0.15, 0.2) is 0 Å². The van der Waals surface area contributed by atoms with Gasteiger partial charge in [0, 0.05) is 23.9 Å². The van der Waals surface area contributed by atoms with E-state index in [-0.39, 0.29) is 5.91 Å². The molecule has 1 heterocycles. The van der Waals surface area contributed by atoms with Crippen LogP contribution in [0.1, 0.15) is 11.3 Å². The molecule has 0 bridgehead atoms. The average molecular weight is 155 g/mol. The number of carbonyl (C=O) groups excluding carboxylic acids is 1. The topological polar surface area (TPSA) is 56.0 Å². The van der Waals surface area contributed by atoms with Gasteiger partial charge in [-0.05, 0) is 0 Å². The van der Waals surface area contributed by atoms with E-state index < -0.39 is 0 Å². The molecule has 3 nitrogen and oxygen atoms in total. The van der Waals surface area contributed by atoms with Crippen molar-refractivity contribution in [2.24, 2.45) is 5.73 Å². The summed E-state index contributed by atoms with van der Waals surface area (Å²) in [6.45, 7) is 0. The Hall–Kier alpha value is -0.900. The quantitative estimate of drug-likeness (QED) is 0.693. The molecule has 1 aromatic rings. The third kappa shape index (κ3) is 2.14. The number of carbonyl (C=O) groups is 1. The number of hydrogen-bond donors (Lipinski definition) is 1. The van der Waals surface area contributed by atoms with Crippen molar-refractivity contribution < 1.29 is 4.79 Å². The van der Waals surface area contributed by atoms with Gasteiger partial charge in [0.05, 0.1) is 5.51 Å². The van der Waals surface area contributed by atoms with Gasteiger partial charge in [0.25, 0.3) is 0 Å². The molecule has 1 radical (unpaired) electrons. The number of amides is 1. The first-order chi connectivity index (χ1) is 4.79. The average Bonchev–Trinajstić information content (AvgIpc) is 2.34. The van der Waals surface area contributed by atoms with Crippen molar-refractivity contribution >= 4 is 17.2 Å². The summed E-state index contributed by atoms with van der Waals surface area (Å²) in [6, 6.07) is 0. The summed E-state index contributed by atoms with van der Waals surface area (Å²) >= 11 is 1.49. The molecule has 0 aliphatic rings. The Balaban J connectivity index is 2.35. The van der Waals surface area contributed by atoms with Gasteiger partial charge in [-0.3, -0.25) is 9.78 Å². The van der Waals surface area contributed by atoms with Crippen molar-refractivity contribution in [2.45, 2.75) is 6.42 Å². The molecule has 0 saturated carbocycles. The molecule has 0 saturated heterocycles. The maximum Gasteiger partial charge on any atom is 0.218 e. The largest absolute Gasteiger partial charge is 0.370 e. The molecule has 0 aromatic carbocycles. The molecule has 0 fully saturated rings. The number of hydrogen-bond acceptors (Lipinski definition) is 3. The number of nitrogens with zero attached hydrogens (tertiary/aromatic N) is 1. The summed E-state index contributed by atoms with van der Waals surface area (Å²) < 4.78 is 0. The first-order valence-corrected chi connectivity index (χ1v) is 3.67. The van der Waals surface area contributed by atoms with Crippen LogP contribution in [0, 0.1) is 6.42 Å². The first kappa shape index (κ1) is 7.21. The second-order valence-electron chi connectivity index (χ2n) is 1.78. The Kier molecular flexibility index (Phi) is 2.39. The maximum atomic E-state index is 10.3. The van der Waals surface area contributed by atoms with Crippen LogP contribution in [-0.4, -0.2) is 10.9 Å². The Morgan fingerprint density at radius 2 is 2.70 bits per heavy atom. The molecule has 0 aliphatic carbocycles. The van der Waals surface area contributed by atoms with Crippen LogP contribution in [0.5, 0.6) is 0 Å². The van der Waals surface area contributed by atoms with Crippen LogP contribution in [0.4, 0.5) is 0 Å². The number of nitrogens with two attached hydrogens (primary N) is 1. The highest BCUT2D eigenvalue weighted by molar-refractivity contribution is 7.09. The van der Waals surface area contributed by atoms with Crippen LogP contribution < -0.4 is 5.73 Å². The third-order valence-electron chi connectivity index (χ3n) is 0.956. The Morgan fingerprint density at radius 1 is 1.90 bits per heavy atom. The molecule has 0 atom stereocenters. The van der Waals surface area contributed by atoms with E-state index in [1.54, 1.807) is 18.1 Å². The van der Waals surface area contributed by atoms with Crippen LogP contribution in [0.15, 0.2) is 11.7 Å². The number of thiazole rings is 1. The molecular formula is C6H7N2OS. The summed E-state index contributed by atoms with van der Waals surface area (Å²) in [6.07, 6.45) is 3.76. The van der Waals surface area contributed by atoms with E-state index in [4.69, 9.17) is 5.73 Å². The Bertz CT molecular complexity index is 208. The highest BCUT2D eigenvalue weighted by Gasteiger charge is 1.97. The van der Waals surface area contributed by atoms with Crippen LogP contribution in [0.25, 0.3) is 0 Å². The van der Waals surface area contributed by atoms with Crippen molar-refractivity contribution in [1.29, 1.82) is 0 Å². The predicted octanol–water partition coefficient (Wildman–Crippen LogP) is 0.571. The van der Waals surface area contributed by atoms with Gasteiger partial charge >= 0.3 is 0 Å². The van der Waals surface area contributed by atoms with Gasteiger partial charge in [-0.2, -0.15) is 0 Å². The Morgan fingerprint density at radius 3 is 3.20 bits per heavy atom. The van der Waals surface area contributed by atoms with Crippen LogP contribution in [-0.2, 0) is 4.79 Å². The number of rotatable bonds is 3. The molecule has 1 amide bonds. The molecule has 0 unspecified atom stereocenters. The van der Waals surface area contributed by atoms with Gasteiger partial charge < -0.3 is 5.73 Å². The standard InChI is InChI=1S/C6H7N2OS/c7-6(9)2-1-5-3-8-4-10-5/h1,3-4H,2H2,(H2,7,9). The van der Waals surface area contributed by atoms with E-state index in [0.29, 0.717) is 6.42 Å². The van der Waals surface area contributed by atoms with Crippen LogP contribution in [0.2, 0.25) is 0 Å². The van der Waals surface area contributed by atoms with Crippen molar-refractivity contribution in [3.63, 3.8) is 0 Å². The van der Waals surface area contributed by atoms with E-state index in [9.17, 15) is 4.79 Å². The fraction of sp³-hybridized carbons (Fsp3) is 0.167.